The van der Waals surface area contributed by atoms with Gasteiger partial charge in [0.25, 0.3) is 0 Å². The number of amides is 1. The third kappa shape index (κ3) is 2.35. The van der Waals surface area contributed by atoms with E-state index in [9.17, 15) is 14.4 Å². The minimum Gasteiger partial charge on any atom is -0.325 e. The van der Waals surface area contributed by atoms with Gasteiger partial charge in [0, 0.05) is 5.69 Å². The lowest BCUT2D eigenvalue weighted by Crippen LogP contribution is -2.32. The molecule has 0 heterocycles. The number of nitriles is 1. The highest BCUT2D eigenvalue weighted by Crippen LogP contribution is 2.38. The molecule has 0 radical (unpaired) electrons. The first-order valence-electron chi connectivity index (χ1n) is 6.06. The molecule has 3 nitrogen and oxygen atoms in total. The summed E-state index contributed by atoms with van der Waals surface area (Å²) < 4.78 is 13.2. The van der Waals surface area contributed by atoms with Crippen molar-refractivity contribution < 1.29 is 9.18 Å². The summed E-state index contributed by atoms with van der Waals surface area (Å²) in [5.41, 5.74) is 0.224. The zero-order valence-electron chi connectivity index (χ0n) is 10.3. The topological polar surface area (TPSA) is 52.9 Å². The molecule has 0 saturated heterocycles. The number of benzene rings is 1. The van der Waals surface area contributed by atoms with Gasteiger partial charge < -0.3 is 5.32 Å². The van der Waals surface area contributed by atoms with Crippen molar-refractivity contribution >= 4 is 11.6 Å². The molecule has 1 fully saturated rings. The Kier molecular flexibility index (Phi) is 3.33. The van der Waals surface area contributed by atoms with Gasteiger partial charge >= 0.3 is 0 Å². The van der Waals surface area contributed by atoms with Crippen LogP contribution in [0.25, 0.3) is 0 Å². The summed E-state index contributed by atoms with van der Waals surface area (Å²) in [5.74, 6) is -0.699. The summed E-state index contributed by atoms with van der Waals surface area (Å²) >= 11 is 0. The molecule has 1 aliphatic rings. The highest BCUT2D eigenvalue weighted by Gasteiger charge is 2.41. The summed E-state index contributed by atoms with van der Waals surface area (Å²) in [4.78, 5) is 12.1. The van der Waals surface area contributed by atoms with E-state index >= 15 is 0 Å². The molecule has 0 aromatic heterocycles. The molecule has 0 bridgehead atoms. The molecule has 1 aromatic carbocycles. The fourth-order valence-corrected chi connectivity index (χ4v) is 2.43. The van der Waals surface area contributed by atoms with Gasteiger partial charge in [-0.2, -0.15) is 5.26 Å². The fraction of sp³-hybridized carbons (Fsp3) is 0.429. The van der Waals surface area contributed by atoms with Crippen LogP contribution in [0.3, 0.4) is 0 Å². The number of nitrogens with one attached hydrogen (secondary N) is 1. The molecule has 0 spiro atoms. The second-order valence-corrected chi connectivity index (χ2v) is 4.87. The highest BCUT2D eigenvalue weighted by molar-refractivity contribution is 5.97. The first kappa shape index (κ1) is 12.6. The van der Waals surface area contributed by atoms with Gasteiger partial charge in [-0.25, -0.2) is 4.39 Å². The van der Waals surface area contributed by atoms with Crippen LogP contribution >= 0.6 is 0 Å². The quantitative estimate of drug-likeness (QED) is 0.871. The van der Waals surface area contributed by atoms with Crippen LogP contribution in [0.15, 0.2) is 18.2 Å². The Hall–Kier alpha value is -1.89. The Morgan fingerprint density at radius 3 is 2.61 bits per heavy atom. The molecule has 4 heteroatoms. The van der Waals surface area contributed by atoms with Gasteiger partial charge in [0.05, 0.1) is 6.07 Å². The number of aryl methyl sites for hydroxylation is 1. The minimum absolute atomic E-state index is 0.312. The van der Waals surface area contributed by atoms with Gasteiger partial charge in [0.2, 0.25) is 5.91 Å². The second-order valence-electron chi connectivity index (χ2n) is 4.87. The van der Waals surface area contributed by atoms with Crippen LogP contribution in [0.1, 0.15) is 31.2 Å². The highest BCUT2D eigenvalue weighted by atomic mass is 19.1. The second kappa shape index (κ2) is 4.77. The summed E-state index contributed by atoms with van der Waals surface area (Å²) in [7, 11) is 0. The van der Waals surface area contributed by atoms with Crippen LogP contribution in [-0.4, -0.2) is 5.91 Å². The average Bonchev–Trinajstić information content (AvgIpc) is 2.77. The Labute approximate surface area is 106 Å². The number of hydrogen-bond acceptors (Lipinski definition) is 2. The first-order valence-corrected chi connectivity index (χ1v) is 6.06. The lowest BCUT2D eigenvalue weighted by Gasteiger charge is -2.19. The Bertz CT molecular complexity index is 493. The molecule has 18 heavy (non-hydrogen) atoms. The van der Waals surface area contributed by atoms with E-state index in [2.05, 4.69) is 11.4 Å². The maximum Gasteiger partial charge on any atom is 0.244 e. The third-order valence-corrected chi connectivity index (χ3v) is 3.41. The first-order chi connectivity index (χ1) is 8.55. The number of halogens is 1. The summed E-state index contributed by atoms with van der Waals surface area (Å²) in [6.07, 6.45) is 2.96. The lowest BCUT2D eigenvalue weighted by molar-refractivity contribution is -0.122. The number of carbonyl (C=O) groups is 1. The predicted molar refractivity (Wildman–Crippen MR) is 66.3 cm³/mol. The van der Waals surface area contributed by atoms with E-state index in [0.717, 1.165) is 18.4 Å². The predicted octanol–water partition coefficient (Wildman–Crippen LogP) is 3.16. The van der Waals surface area contributed by atoms with Crippen molar-refractivity contribution in [1.82, 2.24) is 0 Å². The molecule has 1 aromatic rings. The summed E-state index contributed by atoms with van der Waals surface area (Å²) in [6, 6.07) is 6.48. The normalized spacial score (nSPS) is 17.2. The van der Waals surface area contributed by atoms with Gasteiger partial charge in [-0.15, -0.1) is 0 Å². The van der Waals surface area contributed by atoms with E-state index in [0.29, 0.717) is 18.5 Å². The molecule has 1 N–H and O–H groups in total. The largest absolute Gasteiger partial charge is 0.325 e. The van der Waals surface area contributed by atoms with Crippen molar-refractivity contribution in [2.45, 2.75) is 32.6 Å². The van der Waals surface area contributed by atoms with Crippen molar-refractivity contribution in [2.24, 2.45) is 5.41 Å². The van der Waals surface area contributed by atoms with Crippen molar-refractivity contribution in [2.75, 3.05) is 5.32 Å². The monoisotopic (exact) mass is 246 g/mol. The number of carbonyl (C=O) groups excluding carboxylic acids is 1. The third-order valence-electron chi connectivity index (χ3n) is 3.41. The zero-order chi connectivity index (χ0) is 13.2. The van der Waals surface area contributed by atoms with Crippen molar-refractivity contribution in [3.8, 4) is 6.07 Å². The van der Waals surface area contributed by atoms with E-state index in [1.54, 1.807) is 13.0 Å². The van der Waals surface area contributed by atoms with Gasteiger partial charge in [-0.1, -0.05) is 12.8 Å². The van der Waals surface area contributed by atoms with Crippen LogP contribution in [-0.2, 0) is 4.79 Å². The molecule has 2 rings (SSSR count). The molecular weight excluding hydrogens is 231 g/mol. The molecule has 1 saturated carbocycles. The minimum atomic E-state index is -0.930. The van der Waals surface area contributed by atoms with Gasteiger partial charge in [-0.3, -0.25) is 4.79 Å². The van der Waals surface area contributed by atoms with E-state index in [4.69, 9.17) is 0 Å². The smallest absolute Gasteiger partial charge is 0.244 e. The van der Waals surface area contributed by atoms with E-state index in [-0.39, 0.29) is 11.7 Å². The molecule has 0 unspecified atom stereocenters. The van der Waals surface area contributed by atoms with E-state index < -0.39 is 5.41 Å². The Balaban J connectivity index is 2.18. The zero-order valence-corrected chi connectivity index (χ0v) is 10.3. The van der Waals surface area contributed by atoms with Crippen molar-refractivity contribution in [1.29, 1.82) is 5.26 Å². The van der Waals surface area contributed by atoms with Crippen LogP contribution in [0.2, 0.25) is 0 Å². The standard InChI is InChI=1S/C14H15FN2O/c1-10-6-11(15)8-12(7-10)17-13(18)14(9-16)4-2-3-5-14/h6-8H,2-5H2,1H3,(H,17,18). The van der Waals surface area contributed by atoms with E-state index in [1.807, 2.05) is 0 Å². The van der Waals surface area contributed by atoms with E-state index in [1.165, 1.54) is 12.1 Å². The molecule has 0 atom stereocenters. The van der Waals surface area contributed by atoms with Crippen LogP contribution in [0.4, 0.5) is 10.1 Å². The maximum absolute atomic E-state index is 13.2. The molecule has 0 aliphatic heterocycles. The Morgan fingerprint density at radius 1 is 1.39 bits per heavy atom. The van der Waals surface area contributed by atoms with Gasteiger partial charge in [0.15, 0.2) is 0 Å². The maximum atomic E-state index is 13.2. The SMILES string of the molecule is Cc1cc(F)cc(NC(=O)C2(C#N)CCCC2)c1. The average molecular weight is 246 g/mol. The molecule has 1 aliphatic carbocycles. The fourth-order valence-electron chi connectivity index (χ4n) is 2.43. The number of rotatable bonds is 2. The molecule has 1 amide bonds. The molecular formula is C14H15FN2O. The number of anilines is 1. The number of nitrogens with zero attached hydrogens (tertiary/aromatic N) is 1. The van der Waals surface area contributed by atoms with Gasteiger partial charge in [-0.05, 0) is 43.5 Å². The lowest BCUT2D eigenvalue weighted by atomic mass is 9.87. The van der Waals surface area contributed by atoms with Crippen molar-refractivity contribution in [3.63, 3.8) is 0 Å². The van der Waals surface area contributed by atoms with Crippen molar-refractivity contribution in [3.05, 3.63) is 29.6 Å². The van der Waals surface area contributed by atoms with Gasteiger partial charge in [0.1, 0.15) is 11.2 Å². The van der Waals surface area contributed by atoms with Crippen LogP contribution < -0.4 is 5.32 Å². The Morgan fingerprint density at radius 2 is 2.06 bits per heavy atom. The summed E-state index contributed by atoms with van der Waals surface area (Å²) in [6.45, 7) is 1.76. The summed E-state index contributed by atoms with van der Waals surface area (Å²) in [5, 5.41) is 11.8. The molecule has 94 valence electrons. The number of hydrogen-bond donors (Lipinski definition) is 1. The van der Waals surface area contributed by atoms with Crippen LogP contribution in [0, 0.1) is 29.5 Å². The van der Waals surface area contributed by atoms with Crippen LogP contribution in [0.5, 0.6) is 0 Å².